The molecule has 0 heterocycles. The lowest BCUT2D eigenvalue weighted by Gasteiger charge is -2.07. The van der Waals surface area contributed by atoms with Crippen LogP contribution in [0.15, 0.2) is 29.3 Å². The molecule has 5 heteroatoms. The lowest BCUT2D eigenvalue weighted by Crippen LogP contribution is -2.34. The summed E-state index contributed by atoms with van der Waals surface area (Å²) < 4.78 is 5.26. The van der Waals surface area contributed by atoms with E-state index in [1.165, 1.54) is 6.42 Å². The maximum absolute atomic E-state index is 5.81. The molecule has 0 spiro atoms. The second-order valence-electron chi connectivity index (χ2n) is 4.48. The number of nitrogens with zero attached hydrogens (tertiary/aromatic N) is 1. The van der Waals surface area contributed by atoms with Crippen LogP contribution in [0, 0.1) is 5.92 Å². The molecule has 4 nitrogen and oxygen atoms in total. The Morgan fingerprint density at radius 2 is 2.17 bits per heavy atom. The van der Waals surface area contributed by atoms with Crippen molar-refractivity contribution in [1.29, 1.82) is 0 Å². The van der Waals surface area contributed by atoms with Crippen LogP contribution in [0.2, 0.25) is 0 Å². The lowest BCUT2D eigenvalue weighted by molar-refractivity contribution is 0.410. The van der Waals surface area contributed by atoms with E-state index in [4.69, 9.17) is 10.5 Å². The fourth-order valence-corrected chi connectivity index (χ4v) is 1.76. The second kappa shape index (κ2) is 6.82. The molecular formula is C13H20IN3O. The van der Waals surface area contributed by atoms with Gasteiger partial charge in [-0.3, -0.25) is 0 Å². The Labute approximate surface area is 125 Å². The number of guanidine groups is 1. The molecule has 1 aliphatic carbocycles. The Morgan fingerprint density at radius 1 is 1.50 bits per heavy atom. The Bertz CT molecular complexity index is 422. The van der Waals surface area contributed by atoms with Crippen molar-refractivity contribution in [3.8, 4) is 5.75 Å². The van der Waals surface area contributed by atoms with Crippen LogP contribution in [0.5, 0.6) is 5.75 Å². The van der Waals surface area contributed by atoms with E-state index in [1.54, 1.807) is 7.11 Å². The molecule has 18 heavy (non-hydrogen) atoms. The van der Waals surface area contributed by atoms with Crippen LogP contribution >= 0.6 is 24.0 Å². The number of methoxy groups -OCH3 is 1. The smallest absolute Gasteiger partial charge is 0.189 e. The van der Waals surface area contributed by atoms with E-state index in [0.717, 1.165) is 17.2 Å². The zero-order valence-corrected chi connectivity index (χ0v) is 13.0. The first-order valence-corrected chi connectivity index (χ1v) is 5.89. The van der Waals surface area contributed by atoms with E-state index in [0.29, 0.717) is 18.5 Å². The number of nitrogens with two attached hydrogens (primary N) is 1. The van der Waals surface area contributed by atoms with E-state index in [2.05, 4.69) is 17.2 Å². The third-order valence-electron chi connectivity index (χ3n) is 3.06. The fraction of sp³-hybridized carbons (Fsp3) is 0.462. The van der Waals surface area contributed by atoms with Crippen molar-refractivity contribution in [2.24, 2.45) is 16.6 Å². The van der Waals surface area contributed by atoms with Crippen molar-refractivity contribution in [2.75, 3.05) is 7.11 Å². The van der Waals surface area contributed by atoms with Gasteiger partial charge in [-0.2, -0.15) is 0 Å². The topological polar surface area (TPSA) is 59.6 Å². The van der Waals surface area contributed by atoms with E-state index < -0.39 is 0 Å². The summed E-state index contributed by atoms with van der Waals surface area (Å²) in [7, 11) is 1.66. The van der Waals surface area contributed by atoms with Crippen molar-refractivity contribution in [3.63, 3.8) is 0 Å². The molecule has 1 aromatic rings. The Morgan fingerprint density at radius 3 is 2.78 bits per heavy atom. The summed E-state index contributed by atoms with van der Waals surface area (Å²) in [6, 6.07) is 8.35. The first-order chi connectivity index (χ1) is 8.20. The van der Waals surface area contributed by atoms with Crippen molar-refractivity contribution in [1.82, 2.24) is 5.32 Å². The monoisotopic (exact) mass is 361 g/mol. The first kappa shape index (κ1) is 15.1. The molecule has 1 fully saturated rings. The minimum absolute atomic E-state index is 0. The molecule has 100 valence electrons. The van der Waals surface area contributed by atoms with Crippen LogP contribution < -0.4 is 15.8 Å². The van der Waals surface area contributed by atoms with E-state index >= 15 is 0 Å². The Kier molecular flexibility index (Phi) is 5.71. The molecule has 3 N–H and O–H groups in total. The average molecular weight is 361 g/mol. The first-order valence-electron chi connectivity index (χ1n) is 5.89. The van der Waals surface area contributed by atoms with Gasteiger partial charge >= 0.3 is 0 Å². The molecule has 1 aromatic carbocycles. The fourth-order valence-electron chi connectivity index (χ4n) is 1.76. The van der Waals surface area contributed by atoms with Crippen LogP contribution in [-0.4, -0.2) is 19.1 Å². The SMILES string of the molecule is COc1ccccc1CN=C(N)NC1CC1C.I. The van der Waals surface area contributed by atoms with Gasteiger partial charge in [0.25, 0.3) is 0 Å². The highest BCUT2D eigenvalue weighted by Gasteiger charge is 2.32. The van der Waals surface area contributed by atoms with E-state index in [9.17, 15) is 0 Å². The van der Waals surface area contributed by atoms with Crippen LogP contribution in [0.25, 0.3) is 0 Å². The quantitative estimate of drug-likeness (QED) is 0.491. The highest BCUT2D eigenvalue weighted by atomic mass is 127. The molecule has 0 saturated heterocycles. The Hall–Kier alpha value is -0.980. The minimum atomic E-state index is 0. The molecule has 0 aliphatic heterocycles. The molecular weight excluding hydrogens is 341 g/mol. The summed E-state index contributed by atoms with van der Waals surface area (Å²) in [5.74, 6) is 2.09. The van der Waals surface area contributed by atoms with Gasteiger partial charge < -0.3 is 15.8 Å². The summed E-state index contributed by atoms with van der Waals surface area (Å²) in [5, 5.41) is 3.20. The number of nitrogens with one attached hydrogen (secondary N) is 1. The maximum atomic E-state index is 5.81. The zero-order valence-electron chi connectivity index (χ0n) is 10.7. The summed E-state index contributed by atoms with van der Waals surface area (Å²) in [5.41, 5.74) is 6.86. The van der Waals surface area contributed by atoms with Gasteiger partial charge in [-0.1, -0.05) is 25.1 Å². The molecule has 1 saturated carbocycles. The van der Waals surface area contributed by atoms with Crippen molar-refractivity contribution < 1.29 is 4.74 Å². The normalized spacial score (nSPS) is 22.0. The molecule has 0 aromatic heterocycles. The largest absolute Gasteiger partial charge is 0.496 e. The van der Waals surface area contributed by atoms with Crippen LogP contribution in [0.3, 0.4) is 0 Å². The third kappa shape index (κ3) is 4.04. The minimum Gasteiger partial charge on any atom is -0.496 e. The van der Waals surface area contributed by atoms with Crippen molar-refractivity contribution in [3.05, 3.63) is 29.8 Å². The van der Waals surface area contributed by atoms with Crippen LogP contribution in [0.1, 0.15) is 18.9 Å². The predicted octanol–water partition coefficient (Wildman–Crippen LogP) is 2.13. The molecule has 0 bridgehead atoms. The van der Waals surface area contributed by atoms with Crippen LogP contribution in [-0.2, 0) is 6.54 Å². The molecule has 2 atom stereocenters. The average Bonchev–Trinajstić information content (AvgIpc) is 3.02. The van der Waals surface area contributed by atoms with Crippen molar-refractivity contribution in [2.45, 2.75) is 25.9 Å². The standard InChI is InChI=1S/C13H19N3O.HI/c1-9-7-11(9)16-13(14)15-8-10-5-3-4-6-12(10)17-2;/h3-6,9,11H,7-8H2,1-2H3,(H3,14,15,16);1H. The number of hydrogen-bond donors (Lipinski definition) is 2. The third-order valence-corrected chi connectivity index (χ3v) is 3.06. The zero-order chi connectivity index (χ0) is 12.3. The maximum Gasteiger partial charge on any atom is 0.189 e. The van der Waals surface area contributed by atoms with Gasteiger partial charge in [0.1, 0.15) is 5.75 Å². The van der Waals surface area contributed by atoms with E-state index in [1.807, 2.05) is 24.3 Å². The van der Waals surface area contributed by atoms with Gasteiger partial charge in [0.05, 0.1) is 13.7 Å². The van der Waals surface area contributed by atoms with Gasteiger partial charge in [-0.25, -0.2) is 4.99 Å². The van der Waals surface area contributed by atoms with Gasteiger partial charge in [0, 0.05) is 11.6 Å². The van der Waals surface area contributed by atoms with Gasteiger partial charge in [0.15, 0.2) is 5.96 Å². The lowest BCUT2D eigenvalue weighted by atomic mass is 10.2. The van der Waals surface area contributed by atoms with Crippen molar-refractivity contribution >= 4 is 29.9 Å². The van der Waals surface area contributed by atoms with Gasteiger partial charge in [-0.15, -0.1) is 24.0 Å². The summed E-state index contributed by atoms with van der Waals surface area (Å²) >= 11 is 0. The molecule has 0 radical (unpaired) electrons. The van der Waals surface area contributed by atoms with Crippen LogP contribution in [0.4, 0.5) is 0 Å². The van der Waals surface area contributed by atoms with E-state index in [-0.39, 0.29) is 24.0 Å². The van der Waals surface area contributed by atoms with Gasteiger partial charge in [-0.05, 0) is 18.4 Å². The summed E-state index contributed by atoms with van der Waals surface area (Å²) in [6.45, 7) is 2.75. The molecule has 2 unspecified atom stereocenters. The number of halogens is 1. The highest BCUT2D eigenvalue weighted by molar-refractivity contribution is 14.0. The number of hydrogen-bond acceptors (Lipinski definition) is 2. The number of aliphatic imine (C=N–C) groups is 1. The number of benzene rings is 1. The molecule has 0 amide bonds. The number of ether oxygens (including phenoxy) is 1. The summed E-state index contributed by atoms with van der Waals surface area (Å²) in [6.07, 6.45) is 1.19. The number of para-hydroxylation sites is 1. The molecule has 1 aliphatic rings. The second-order valence-corrected chi connectivity index (χ2v) is 4.48. The number of rotatable bonds is 4. The highest BCUT2D eigenvalue weighted by Crippen LogP contribution is 2.28. The van der Waals surface area contributed by atoms with Gasteiger partial charge in [0.2, 0.25) is 0 Å². The Balaban J connectivity index is 0.00000162. The summed E-state index contributed by atoms with van der Waals surface area (Å²) in [4.78, 5) is 4.32. The molecule has 2 rings (SSSR count). The predicted molar refractivity (Wildman–Crippen MR) is 84.4 cm³/mol.